The molecular formula is C10H13NO5. The van der Waals surface area contributed by atoms with Gasteiger partial charge in [0.15, 0.2) is 0 Å². The summed E-state index contributed by atoms with van der Waals surface area (Å²) in [6.07, 6.45) is 0. The molecule has 88 valence electrons. The monoisotopic (exact) mass is 227 g/mol. The molecule has 0 atom stereocenters. The van der Waals surface area contributed by atoms with Crippen LogP contribution in [0.4, 0.5) is 0 Å². The molecule has 0 fully saturated rings. The molecule has 0 N–H and O–H groups in total. The van der Waals surface area contributed by atoms with Gasteiger partial charge in [0.05, 0.1) is 13.2 Å². The zero-order chi connectivity index (χ0) is 12.1. The van der Waals surface area contributed by atoms with Crippen LogP contribution in [0.2, 0.25) is 0 Å². The van der Waals surface area contributed by atoms with E-state index in [2.05, 4.69) is 5.16 Å². The van der Waals surface area contributed by atoms with Crippen molar-refractivity contribution in [1.82, 2.24) is 5.16 Å². The molecule has 1 aromatic heterocycles. The maximum Gasteiger partial charge on any atom is 0.361 e. The molecule has 0 aromatic carbocycles. The number of ether oxygens (including phenoxy) is 2. The molecule has 0 saturated heterocycles. The summed E-state index contributed by atoms with van der Waals surface area (Å²) < 4.78 is 14.3. The van der Waals surface area contributed by atoms with Crippen molar-refractivity contribution in [3.8, 4) is 0 Å². The quantitative estimate of drug-likeness (QED) is 0.722. The first-order chi connectivity index (χ1) is 7.61. The molecule has 0 saturated carbocycles. The number of nitrogens with zero attached hydrogens (tertiary/aromatic N) is 1. The number of aryl methyl sites for hydroxylation is 1. The first-order valence-corrected chi connectivity index (χ1v) is 4.92. The van der Waals surface area contributed by atoms with Crippen LogP contribution in [0.25, 0.3) is 0 Å². The van der Waals surface area contributed by atoms with Gasteiger partial charge < -0.3 is 14.0 Å². The Kier molecular flexibility index (Phi) is 4.04. The number of hydrogen-bond donors (Lipinski definition) is 0. The van der Waals surface area contributed by atoms with Gasteiger partial charge in [-0.05, 0) is 20.8 Å². The van der Waals surface area contributed by atoms with E-state index in [9.17, 15) is 9.59 Å². The molecule has 1 rings (SSSR count). The van der Waals surface area contributed by atoms with Crippen molar-refractivity contribution < 1.29 is 23.6 Å². The van der Waals surface area contributed by atoms with E-state index >= 15 is 0 Å². The highest BCUT2D eigenvalue weighted by molar-refractivity contribution is 6.02. The minimum atomic E-state index is -0.692. The molecule has 0 bridgehead atoms. The number of esters is 2. The van der Waals surface area contributed by atoms with Crippen molar-refractivity contribution in [3.05, 3.63) is 17.0 Å². The van der Waals surface area contributed by atoms with Crippen LogP contribution in [0, 0.1) is 6.92 Å². The molecule has 0 spiro atoms. The van der Waals surface area contributed by atoms with Gasteiger partial charge in [-0.3, -0.25) is 0 Å². The maximum absolute atomic E-state index is 11.5. The number of rotatable bonds is 4. The summed E-state index contributed by atoms with van der Waals surface area (Å²) in [6, 6.07) is 0. The van der Waals surface area contributed by atoms with Gasteiger partial charge in [-0.25, -0.2) is 9.59 Å². The van der Waals surface area contributed by atoms with Crippen LogP contribution in [0.5, 0.6) is 0 Å². The first kappa shape index (κ1) is 12.2. The second kappa shape index (κ2) is 5.29. The summed E-state index contributed by atoms with van der Waals surface area (Å²) in [6.45, 7) is 5.28. The minimum absolute atomic E-state index is 0.0281. The lowest BCUT2D eigenvalue weighted by molar-refractivity contribution is 0.0474. The Bertz CT molecular complexity index is 396. The lowest BCUT2D eigenvalue weighted by Crippen LogP contribution is -2.13. The third-order valence-corrected chi connectivity index (χ3v) is 1.81. The van der Waals surface area contributed by atoms with Gasteiger partial charge in [0, 0.05) is 0 Å². The summed E-state index contributed by atoms with van der Waals surface area (Å²) in [5.74, 6) is -1.09. The van der Waals surface area contributed by atoms with Crippen molar-refractivity contribution in [1.29, 1.82) is 0 Å². The summed E-state index contributed by atoms with van der Waals surface area (Å²) in [4.78, 5) is 23.0. The molecule has 6 nitrogen and oxygen atoms in total. The fourth-order valence-corrected chi connectivity index (χ4v) is 1.15. The topological polar surface area (TPSA) is 78.6 Å². The predicted octanol–water partition coefficient (Wildman–Crippen LogP) is 1.34. The van der Waals surface area contributed by atoms with Gasteiger partial charge in [-0.1, -0.05) is 5.16 Å². The third kappa shape index (κ3) is 2.39. The van der Waals surface area contributed by atoms with Crippen molar-refractivity contribution >= 4 is 11.9 Å². The summed E-state index contributed by atoms with van der Waals surface area (Å²) in [7, 11) is 0. The van der Waals surface area contributed by atoms with E-state index < -0.39 is 11.9 Å². The van der Waals surface area contributed by atoms with E-state index in [-0.39, 0.29) is 30.2 Å². The molecule has 0 aliphatic carbocycles. The van der Waals surface area contributed by atoms with Crippen LogP contribution < -0.4 is 0 Å². The van der Waals surface area contributed by atoms with Gasteiger partial charge in [-0.2, -0.15) is 0 Å². The summed E-state index contributed by atoms with van der Waals surface area (Å²) in [5.41, 5.74) is -0.113. The van der Waals surface area contributed by atoms with Crippen LogP contribution in [0.1, 0.15) is 40.5 Å². The van der Waals surface area contributed by atoms with E-state index in [4.69, 9.17) is 14.0 Å². The van der Waals surface area contributed by atoms with Gasteiger partial charge in [-0.15, -0.1) is 0 Å². The van der Waals surface area contributed by atoms with E-state index in [0.717, 1.165) is 0 Å². The summed E-state index contributed by atoms with van der Waals surface area (Å²) >= 11 is 0. The van der Waals surface area contributed by atoms with Crippen LogP contribution >= 0.6 is 0 Å². The lowest BCUT2D eigenvalue weighted by Gasteiger charge is -2.01. The van der Waals surface area contributed by atoms with Crippen molar-refractivity contribution in [3.63, 3.8) is 0 Å². The second-order valence-electron chi connectivity index (χ2n) is 2.90. The number of aromatic nitrogens is 1. The fourth-order valence-electron chi connectivity index (χ4n) is 1.15. The average molecular weight is 227 g/mol. The van der Waals surface area contributed by atoms with Crippen LogP contribution in [-0.2, 0) is 9.47 Å². The van der Waals surface area contributed by atoms with E-state index in [1.165, 1.54) is 6.92 Å². The third-order valence-electron chi connectivity index (χ3n) is 1.81. The number of carbonyl (C=O) groups is 2. The minimum Gasteiger partial charge on any atom is -0.462 e. The molecule has 0 unspecified atom stereocenters. The Morgan fingerprint density at radius 2 is 1.75 bits per heavy atom. The van der Waals surface area contributed by atoms with E-state index in [0.29, 0.717) is 0 Å². The van der Waals surface area contributed by atoms with Crippen LogP contribution in [-0.4, -0.2) is 30.3 Å². The fraction of sp³-hybridized carbons (Fsp3) is 0.500. The Morgan fingerprint density at radius 3 is 2.31 bits per heavy atom. The first-order valence-electron chi connectivity index (χ1n) is 4.92. The smallest absolute Gasteiger partial charge is 0.361 e. The number of hydrogen-bond acceptors (Lipinski definition) is 6. The highest BCUT2D eigenvalue weighted by Gasteiger charge is 2.27. The van der Waals surface area contributed by atoms with Crippen molar-refractivity contribution in [2.45, 2.75) is 20.8 Å². The summed E-state index contributed by atoms with van der Waals surface area (Å²) in [5, 5.41) is 3.49. The molecule has 16 heavy (non-hydrogen) atoms. The normalized spacial score (nSPS) is 9.94. The van der Waals surface area contributed by atoms with Crippen LogP contribution in [0.3, 0.4) is 0 Å². The molecule has 0 aliphatic rings. The van der Waals surface area contributed by atoms with Gasteiger partial charge >= 0.3 is 11.9 Å². The zero-order valence-corrected chi connectivity index (χ0v) is 9.40. The second-order valence-corrected chi connectivity index (χ2v) is 2.90. The molecule has 0 aliphatic heterocycles. The lowest BCUT2D eigenvalue weighted by atomic mass is 10.2. The molecule has 6 heteroatoms. The highest BCUT2D eigenvalue weighted by atomic mass is 16.5. The number of carbonyl (C=O) groups excluding carboxylic acids is 2. The van der Waals surface area contributed by atoms with Gasteiger partial charge in [0.25, 0.3) is 0 Å². The van der Waals surface area contributed by atoms with E-state index in [1.54, 1.807) is 13.8 Å². The Labute approximate surface area is 92.5 Å². The van der Waals surface area contributed by atoms with Gasteiger partial charge in [0.1, 0.15) is 11.3 Å². The molecular weight excluding hydrogens is 214 g/mol. The Morgan fingerprint density at radius 1 is 1.19 bits per heavy atom. The van der Waals surface area contributed by atoms with Crippen molar-refractivity contribution in [2.75, 3.05) is 13.2 Å². The Hall–Kier alpha value is -1.85. The highest BCUT2D eigenvalue weighted by Crippen LogP contribution is 2.15. The van der Waals surface area contributed by atoms with Crippen molar-refractivity contribution in [2.24, 2.45) is 0 Å². The zero-order valence-electron chi connectivity index (χ0n) is 9.40. The standard InChI is InChI=1S/C10H13NO5/c1-4-14-9(12)7-6(3)16-11-8(7)10(13)15-5-2/h4-5H2,1-3H3. The molecule has 1 heterocycles. The molecule has 1 aromatic rings. The van der Waals surface area contributed by atoms with E-state index in [1.807, 2.05) is 0 Å². The largest absolute Gasteiger partial charge is 0.462 e. The maximum atomic E-state index is 11.5. The predicted molar refractivity (Wildman–Crippen MR) is 53.2 cm³/mol. The molecule has 0 radical (unpaired) electrons. The van der Waals surface area contributed by atoms with Gasteiger partial charge in [0.2, 0.25) is 5.69 Å². The SMILES string of the molecule is CCOC(=O)c1noc(C)c1C(=O)OCC. The Balaban J connectivity index is 3.02. The average Bonchev–Trinajstić information content (AvgIpc) is 2.61. The molecule has 0 amide bonds. The van der Waals surface area contributed by atoms with Crippen LogP contribution in [0.15, 0.2) is 4.52 Å².